The molecule has 4 aromatic rings. The van der Waals surface area contributed by atoms with Crippen LogP contribution in [0.3, 0.4) is 0 Å². The van der Waals surface area contributed by atoms with Gasteiger partial charge in [0.2, 0.25) is 21.8 Å². The Bertz CT molecular complexity index is 2210. The Morgan fingerprint density at radius 3 is 2.41 bits per heavy atom. The molecule has 3 fully saturated rings. The Hall–Kier alpha value is -3.83. The molecule has 3 aromatic carbocycles. The smallest absolute Gasteiger partial charge is 0.305 e. The van der Waals surface area contributed by atoms with Crippen LogP contribution in [0, 0.1) is 35.4 Å². The molecular formula is C33H26BrFN4O7S3. The van der Waals surface area contributed by atoms with Crippen LogP contribution < -0.4 is 25.0 Å². The highest BCUT2D eigenvalue weighted by molar-refractivity contribution is 9.10. The van der Waals surface area contributed by atoms with Gasteiger partial charge in [0.1, 0.15) is 11.6 Å². The molecule has 252 valence electrons. The Morgan fingerprint density at radius 1 is 1.02 bits per heavy atom. The van der Waals surface area contributed by atoms with E-state index >= 15 is 0 Å². The number of carbonyl (C=O) groups is 3. The van der Waals surface area contributed by atoms with Crippen molar-refractivity contribution < 1.29 is 31.9 Å². The van der Waals surface area contributed by atoms with E-state index in [0.717, 1.165) is 31.3 Å². The minimum atomic E-state index is -3.88. The van der Waals surface area contributed by atoms with Crippen molar-refractivity contribution >= 4 is 78.1 Å². The number of nitrogens with zero attached hydrogens (tertiary/aromatic N) is 1. The van der Waals surface area contributed by atoms with Gasteiger partial charge >= 0.3 is 4.87 Å². The van der Waals surface area contributed by atoms with Crippen molar-refractivity contribution in [2.45, 2.75) is 27.5 Å². The van der Waals surface area contributed by atoms with Gasteiger partial charge in [-0.05, 0) is 90.9 Å². The molecule has 2 aliphatic heterocycles. The van der Waals surface area contributed by atoms with Crippen LogP contribution in [0.25, 0.3) is 0 Å². The van der Waals surface area contributed by atoms with Gasteiger partial charge in [0.05, 0.1) is 27.4 Å². The van der Waals surface area contributed by atoms with Crippen molar-refractivity contribution in [2.75, 3.05) is 16.8 Å². The number of carbonyl (C=O) groups excluding carboxylic acids is 3. The van der Waals surface area contributed by atoms with Gasteiger partial charge in [0.25, 0.3) is 5.91 Å². The zero-order valence-electron chi connectivity index (χ0n) is 25.2. The van der Waals surface area contributed by atoms with E-state index in [-0.39, 0.29) is 57.1 Å². The van der Waals surface area contributed by atoms with Gasteiger partial charge in [0, 0.05) is 31.8 Å². The normalized spacial score (nSPS) is 26.8. The number of nitrogens with one attached hydrogen (secondary N) is 2. The number of anilines is 2. The fourth-order valence-electron chi connectivity index (χ4n) is 8.17. The molecule has 7 atom stereocenters. The molecule has 49 heavy (non-hydrogen) atoms. The number of nitrogens with two attached hydrogens (primary N) is 1. The summed E-state index contributed by atoms with van der Waals surface area (Å²) in [6.07, 6.45) is 0.679. The third-order valence-corrected chi connectivity index (χ3v) is 14.0. The molecule has 0 unspecified atom stereocenters. The number of hydrogen-bond acceptors (Lipinski definition) is 9. The van der Waals surface area contributed by atoms with Gasteiger partial charge < -0.3 is 15.0 Å². The molecular weight excluding hydrogens is 759 g/mol. The summed E-state index contributed by atoms with van der Waals surface area (Å²) >= 11 is 6.24. The average molecular weight is 786 g/mol. The van der Waals surface area contributed by atoms with E-state index in [9.17, 15) is 32.0 Å². The van der Waals surface area contributed by atoms with E-state index in [1.165, 1.54) is 53.4 Å². The predicted molar refractivity (Wildman–Crippen MR) is 183 cm³/mol. The van der Waals surface area contributed by atoms with Crippen molar-refractivity contribution in [1.29, 1.82) is 0 Å². The summed E-state index contributed by atoms with van der Waals surface area (Å²) in [6.45, 7) is -0.367. The number of amides is 3. The summed E-state index contributed by atoms with van der Waals surface area (Å²) in [5, 5.41) is 8.49. The standard InChI is InChI=1S/C33H26BrFN4O7S3/c34-14-1-10-22(46-13-23(40)37-16-4-8-18(9-5-16)49(36,44)45)19(11-14)24-25-20-12-21(28(25)47-30-29(24)48-33(43)38-30)27-26(20)31(41)39(32(27)42)17-6-2-15(35)3-7-17/h1-11,20-21,24-28H,12-13H2,(H,37,40)(H,38,43)(H2,36,44,45)/t20-,21-,24+,25-,26+,27+,28-/m1/s1. The number of halogens is 2. The number of sulfonamides is 1. The Kier molecular flexibility index (Phi) is 7.86. The van der Waals surface area contributed by atoms with Gasteiger partial charge in [-0.15, -0.1) is 11.8 Å². The maximum atomic E-state index is 14.0. The number of thiazole rings is 1. The molecule has 16 heteroatoms. The first-order valence-electron chi connectivity index (χ1n) is 15.3. The van der Waals surface area contributed by atoms with Crippen LogP contribution in [0.2, 0.25) is 0 Å². The second-order valence-electron chi connectivity index (χ2n) is 12.5. The van der Waals surface area contributed by atoms with Crippen LogP contribution in [0.1, 0.15) is 22.8 Å². The minimum Gasteiger partial charge on any atom is -0.483 e. The van der Waals surface area contributed by atoms with Crippen LogP contribution in [0.4, 0.5) is 15.8 Å². The van der Waals surface area contributed by atoms with E-state index < -0.39 is 33.6 Å². The van der Waals surface area contributed by atoms with Gasteiger partial charge in [-0.1, -0.05) is 27.3 Å². The molecule has 8 rings (SSSR count). The Labute approximate surface area is 295 Å². The molecule has 2 saturated carbocycles. The highest BCUT2D eigenvalue weighted by Gasteiger charge is 2.69. The number of rotatable bonds is 7. The number of ether oxygens (including phenoxy) is 1. The minimum absolute atomic E-state index is 0.0747. The van der Waals surface area contributed by atoms with Crippen molar-refractivity contribution in [3.63, 3.8) is 0 Å². The van der Waals surface area contributed by atoms with E-state index in [4.69, 9.17) is 9.88 Å². The quantitative estimate of drug-likeness (QED) is 0.227. The lowest BCUT2D eigenvalue weighted by Gasteiger charge is -2.43. The van der Waals surface area contributed by atoms with Crippen LogP contribution in [0.15, 0.2) is 85.9 Å². The summed E-state index contributed by atoms with van der Waals surface area (Å²) in [4.78, 5) is 58.2. The van der Waals surface area contributed by atoms with Crippen molar-refractivity contribution in [2.24, 2.45) is 34.7 Å². The van der Waals surface area contributed by atoms with Crippen molar-refractivity contribution in [3.05, 3.63) is 97.1 Å². The van der Waals surface area contributed by atoms with Gasteiger partial charge in [-0.25, -0.2) is 17.9 Å². The third kappa shape index (κ3) is 5.44. The number of primary sulfonamides is 1. The number of fused-ring (bicyclic) bond motifs is 9. The molecule has 4 aliphatic rings. The zero-order chi connectivity index (χ0) is 34.4. The maximum absolute atomic E-state index is 14.0. The first-order valence-corrected chi connectivity index (χ1v) is 19.3. The number of aromatic amines is 1. The van der Waals surface area contributed by atoms with Crippen molar-refractivity contribution in [3.8, 4) is 5.75 Å². The van der Waals surface area contributed by atoms with Crippen LogP contribution in [-0.2, 0) is 24.4 Å². The first-order chi connectivity index (χ1) is 23.4. The summed E-state index contributed by atoms with van der Waals surface area (Å²) in [6, 6.07) is 16.2. The lowest BCUT2D eigenvalue weighted by Crippen LogP contribution is -2.42. The molecule has 3 amide bonds. The monoisotopic (exact) mass is 784 g/mol. The number of imide groups is 1. The SMILES string of the molecule is NS(=O)(=O)c1ccc(NC(=O)COc2ccc(Br)cc2[C@@H]2c3sc(=O)[nH]c3S[C@@H]3[C@@H]4C[C@@H]([C@@H]5C(=O)N(c6ccc(F)cc6)C(=O)[C@@H]45)[C@H]23)cc1. The van der Waals surface area contributed by atoms with Crippen LogP contribution in [0.5, 0.6) is 5.75 Å². The zero-order valence-corrected chi connectivity index (χ0v) is 29.2. The molecule has 0 radical (unpaired) electrons. The third-order valence-electron chi connectivity index (χ3n) is 9.94. The van der Waals surface area contributed by atoms with Gasteiger partial charge in [0.15, 0.2) is 6.61 Å². The van der Waals surface area contributed by atoms with Gasteiger partial charge in [-0.3, -0.25) is 24.1 Å². The highest BCUT2D eigenvalue weighted by atomic mass is 79.9. The molecule has 4 N–H and O–H groups in total. The molecule has 1 saturated heterocycles. The number of thioether (sulfide) groups is 1. The summed E-state index contributed by atoms with van der Waals surface area (Å²) < 4.78 is 43.7. The van der Waals surface area contributed by atoms with Crippen molar-refractivity contribution in [1.82, 2.24) is 4.98 Å². The Morgan fingerprint density at radius 2 is 1.71 bits per heavy atom. The first kappa shape index (κ1) is 32.4. The average Bonchev–Trinajstić information content (AvgIpc) is 3.79. The summed E-state index contributed by atoms with van der Waals surface area (Å²) in [7, 11) is -3.88. The number of hydrogen-bond donors (Lipinski definition) is 3. The van der Waals surface area contributed by atoms with Gasteiger partial charge in [-0.2, -0.15) is 0 Å². The summed E-state index contributed by atoms with van der Waals surface area (Å²) in [5.74, 6) is -2.92. The lowest BCUT2D eigenvalue weighted by atomic mass is 9.68. The van der Waals surface area contributed by atoms with E-state index in [1.54, 1.807) is 23.9 Å². The van der Waals surface area contributed by atoms with E-state index in [1.807, 2.05) is 6.07 Å². The Balaban J connectivity index is 1.11. The molecule has 2 aliphatic carbocycles. The molecule has 1 aromatic heterocycles. The number of H-pyrrole nitrogens is 1. The fourth-order valence-corrected chi connectivity index (χ4v) is 11.9. The topological polar surface area (TPSA) is 169 Å². The number of aromatic nitrogens is 1. The number of benzene rings is 3. The summed E-state index contributed by atoms with van der Waals surface area (Å²) in [5.41, 5.74) is 1.44. The second kappa shape index (κ2) is 11.9. The largest absolute Gasteiger partial charge is 0.483 e. The van der Waals surface area contributed by atoms with E-state index in [0.29, 0.717) is 23.5 Å². The van der Waals surface area contributed by atoms with Crippen LogP contribution in [-0.4, -0.2) is 43.0 Å². The lowest BCUT2D eigenvalue weighted by molar-refractivity contribution is -0.123. The maximum Gasteiger partial charge on any atom is 0.305 e. The van der Waals surface area contributed by atoms with Crippen LogP contribution >= 0.6 is 39.0 Å². The predicted octanol–water partition coefficient (Wildman–Crippen LogP) is 4.68. The molecule has 0 spiro atoms. The highest BCUT2D eigenvalue weighted by Crippen LogP contribution is 2.69. The second-order valence-corrected chi connectivity index (χ2v) is 17.2. The molecule has 2 bridgehead atoms. The fraction of sp³-hybridized carbons (Fsp3) is 0.273. The molecule has 3 heterocycles. The molecule has 11 nitrogen and oxygen atoms in total. The van der Waals surface area contributed by atoms with E-state index in [2.05, 4.69) is 26.2 Å².